The summed E-state index contributed by atoms with van der Waals surface area (Å²) in [5.74, 6) is -1.67. The van der Waals surface area contributed by atoms with Crippen LogP contribution in [0.1, 0.15) is 20.8 Å². The third kappa shape index (κ3) is 6.52. The molecular weight excluding hydrogens is 304 g/mol. The van der Waals surface area contributed by atoms with E-state index in [1.165, 1.54) is 19.9 Å². The number of carbonyl (C=O) groups excluding carboxylic acids is 2. The first-order valence-corrected chi connectivity index (χ1v) is 7.25. The molecule has 7 heteroatoms. The summed E-state index contributed by atoms with van der Waals surface area (Å²) in [6.07, 6.45) is 1.40. The van der Waals surface area contributed by atoms with Crippen LogP contribution in [0.2, 0.25) is 0 Å². The van der Waals surface area contributed by atoms with E-state index in [2.05, 4.69) is 6.58 Å². The average Bonchev–Trinajstić information content (AvgIpc) is 2.54. The molecule has 23 heavy (non-hydrogen) atoms. The zero-order chi connectivity index (χ0) is 18.0. The number of hydrogen-bond acceptors (Lipinski definition) is 7. The predicted octanol–water partition coefficient (Wildman–Crippen LogP) is 0.195. The molecule has 0 aliphatic carbocycles. The molecule has 0 bridgehead atoms. The molecule has 0 rings (SSSR count). The van der Waals surface area contributed by atoms with E-state index in [1.54, 1.807) is 6.92 Å². The van der Waals surface area contributed by atoms with Gasteiger partial charge in [0.25, 0.3) is 0 Å². The van der Waals surface area contributed by atoms with Crippen LogP contribution in [0.25, 0.3) is 0 Å². The Balaban J connectivity index is 4.67. The first-order valence-electron chi connectivity index (χ1n) is 7.25. The highest BCUT2D eigenvalue weighted by atomic mass is 16.6. The van der Waals surface area contributed by atoms with Crippen LogP contribution in [0.3, 0.4) is 0 Å². The number of carbonyl (C=O) groups is 2. The normalized spacial score (nSPS) is 13.4. The largest absolute Gasteiger partial charge is 0.459 e. The van der Waals surface area contributed by atoms with Gasteiger partial charge in [0.2, 0.25) is 0 Å². The predicted molar refractivity (Wildman–Crippen MR) is 83.3 cm³/mol. The van der Waals surface area contributed by atoms with E-state index in [0.29, 0.717) is 0 Å². The van der Waals surface area contributed by atoms with Crippen molar-refractivity contribution >= 4 is 11.9 Å². The van der Waals surface area contributed by atoms with Crippen molar-refractivity contribution in [2.24, 2.45) is 11.3 Å². The van der Waals surface area contributed by atoms with E-state index in [4.69, 9.17) is 9.47 Å². The number of rotatable bonds is 10. The van der Waals surface area contributed by atoms with Gasteiger partial charge in [0, 0.05) is 23.2 Å². The third-order valence-corrected chi connectivity index (χ3v) is 3.57. The lowest BCUT2D eigenvalue weighted by Gasteiger charge is -2.32. The number of ether oxygens (including phenoxy) is 2. The van der Waals surface area contributed by atoms with Crippen LogP contribution in [-0.4, -0.2) is 60.3 Å². The molecule has 3 N–H and O–H groups in total. The number of hydrogen-bond donors (Lipinski definition) is 3. The molecule has 0 radical (unpaired) electrons. The molecule has 0 heterocycles. The number of esters is 2. The molecule has 1 unspecified atom stereocenters. The molecule has 0 saturated carbocycles. The summed E-state index contributed by atoms with van der Waals surface area (Å²) < 4.78 is 9.73. The van der Waals surface area contributed by atoms with Crippen LogP contribution < -0.4 is 0 Å². The van der Waals surface area contributed by atoms with Crippen LogP contribution in [0, 0.1) is 11.3 Å². The minimum absolute atomic E-state index is 0.0943. The Kier molecular flexibility index (Phi) is 9.40. The van der Waals surface area contributed by atoms with Crippen LogP contribution in [0.4, 0.5) is 0 Å². The van der Waals surface area contributed by atoms with Crippen molar-refractivity contribution < 1.29 is 34.4 Å². The lowest BCUT2D eigenvalue weighted by atomic mass is 9.76. The lowest BCUT2D eigenvalue weighted by molar-refractivity contribution is -0.147. The Labute approximate surface area is 136 Å². The van der Waals surface area contributed by atoms with E-state index in [9.17, 15) is 24.9 Å². The van der Waals surface area contributed by atoms with Crippen molar-refractivity contribution in [3.63, 3.8) is 0 Å². The molecule has 0 amide bonds. The Morgan fingerprint density at radius 2 is 1.57 bits per heavy atom. The van der Waals surface area contributed by atoms with Gasteiger partial charge in [-0.15, -0.1) is 0 Å². The maximum Gasteiger partial charge on any atom is 0.333 e. The molecule has 0 aliphatic rings. The van der Waals surface area contributed by atoms with Gasteiger partial charge in [-0.05, 0) is 19.8 Å². The second kappa shape index (κ2) is 10.1. The molecule has 0 aromatic heterocycles. The molecule has 0 aromatic carbocycles. The van der Waals surface area contributed by atoms with Crippen LogP contribution in [0.5, 0.6) is 0 Å². The fourth-order valence-corrected chi connectivity index (χ4v) is 1.77. The molecule has 0 spiro atoms. The van der Waals surface area contributed by atoms with Crippen molar-refractivity contribution in [3.8, 4) is 0 Å². The standard InChI is InChI=1S/C16H26O7/c1-11(2)14(20)22-5-6-23-15(21)12(3)7-16(9-18,10-19)13(4)8-17/h7,13,17-19H,1,5-6,8-10H2,2-4H3. The van der Waals surface area contributed by atoms with E-state index in [-0.39, 0.29) is 31.0 Å². The Hall–Kier alpha value is -1.70. The molecule has 7 nitrogen and oxygen atoms in total. The second-order valence-corrected chi connectivity index (χ2v) is 5.51. The Morgan fingerprint density at radius 1 is 1.09 bits per heavy atom. The highest BCUT2D eigenvalue weighted by molar-refractivity contribution is 5.88. The average molecular weight is 330 g/mol. The molecule has 0 fully saturated rings. The maximum atomic E-state index is 11.9. The molecule has 0 aromatic rings. The molecule has 132 valence electrons. The van der Waals surface area contributed by atoms with Gasteiger partial charge in [0.05, 0.1) is 13.2 Å². The van der Waals surface area contributed by atoms with Crippen LogP contribution in [0.15, 0.2) is 23.8 Å². The SMILES string of the molecule is C=C(C)C(=O)OCCOC(=O)C(C)=CC(CO)(CO)C(C)CO. The smallest absolute Gasteiger partial charge is 0.333 e. The Bertz CT molecular complexity index is 449. The van der Waals surface area contributed by atoms with Crippen molar-refractivity contribution in [2.45, 2.75) is 20.8 Å². The van der Waals surface area contributed by atoms with Gasteiger partial charge in [0.1, 0.15) is 13.2 Å². The van der Waals surface area contributed by atoms with Gasteiger partial charge in [-0.1, -0.05) is 19.6 Å². The third-order valence-electron chi connectivity index (χ3n) is 3.57. The minimum Gasteiger partial charge on any atom is -0.459 e. The molecule has 1 atom stereocenters. The Morgan fingerprint density at radius 3 is 1.96 bits per heavy atom. The van der Waals surface area contributed by atoms with Gasteiger partial charge in [0.15, 0.2) is 0 Å². The minimum atomic E-state index is -1.12. The molecule has 0 aliphatic heterocycles. The first kappa shape index (κ1) is 21.3. The van der Waals surface area contributed by atoms with Gasteiger partial charge in [-0.2, -0.15) is 0 Å². The van der Waals surface area contributed by atoms with E-state index in [1.807, 2.05) is 0 Å². The van der Waals surface area contributed by atoms with Crippen LogP contribution >= 0.6 is 0 Å². The van der Waals surface area contributed by atoms with Gasteiger partial charge < -0.3 is 24.8 Å². The monoisotopic (exact) mass is 330 g/mol. The molecular formula is C16H26O7. The molecule has 0 saturated heterocycles. The fourth-order valence-electron chi connectivity index (χ4n) is 1.77. The highest BCUT2D eigenvalue weighted by Gasteiger charge is 2.33. The summed E-state index contributed by atoms with van der Waals surface area (Å²) >= 11 is 0. The van der Waals surface area contributed by atoms with E-state index in [0.717, 1.165) is 0 Å². The van der Waals surface area contributed by atoms with E-state index < -0.39 is 36.5 Å². The van der Waals surface area contributed by atoms with Crippen molar-refractivity contribution in [3.05, 3.63) is 23.8 Å². The summed E-state index contributed by atoms with van der Waals surface area (Å²) in [4.78, 5) is 23.0. The van der Waals surface area contributed by atoms with E-state index >= 15 is 0 Å². The summed E-state index contributed by atoms with van der Waals surface area (Å²) in [7, 11) is 0. The van der Waals surface area contributed by atoms with Gasteiger partial charge >= 0.3 is 11.9 Å². The number of aliphatic hydroxyl groups excluding tert-OH is 3. The fraction of sp³-hybridized carbons (Fsp3) is 0.625. The highest BCUT2D eigenvalue weighted by Crippen LogP contribution is 2.30. The van der Waals surface area contributed by atoms with Gasteiger partial charge in [-0.25, -0.2) is 9.59 Å². The summed E-state index contributed by atoms with van der Waals surface area (Å²) in [6.45, 7) is 6.74. The first-order chi connectivity index (χ1) is 10.7. The summed E-state index contributed by atoms with van der Waals surface area (Å²) in [6, 6.07) is 0. The zero-order valence-corrected chi connectivity index (χ0v) is 13.9. The summed E-state index contributed by atoms with van der Waals surface area (Å²) in [5, 5.41) is 28.2. The van der Waals surface area contributed by atoms with Crippen molar-refractivity contribution in [2.75, 3.05) is 33.0 Å². The lowest BCUT2D eigenvalue weighted by Crippen LogP contribution is -2.37. The summed E-state index contributed by atoms with van der Waals surface area (Å²) in [5.41, 5.74) is -0.690. The van der Waals surface area contributed by atoms with Crippen molar-refractivity contribution in [1.82, 2.24) is 0 Å². The quantitative estimate of drug-likeness (QED) is 0.298. The van der Waals surface area contributed by atoms with Crippen molar-refractivity contribution in [1.29, 1.82) is 0 Å². The number of aliphatic hydroxyl groups is 3. The maximum absolute atomic E-state index is 11.9. The second-order valence-electron chi connectivity index (χ2n) is 5.51. The van der Waals surface area contributed by atoms with Crippen LogP contribution in [-0.2, 0) is 19.1 Å². The van der Waals surface area contributed by atoms with Gasteiger partial charge in [-0.3, -0.25) is 0 Å². The topological polar surface area (TPSA) is 113 Å². The zero-order valence-electron chi connectivity index (χ0n) is 13.9.